The van der Waals surface area contributed by atoms with Crippen LogP contribution in [0, 0.1) is 0 Å². The molecule has 0 atom stereocenters. The summed E-state index contributed by atoms with van der Waals surface area (Å²) in [6.07, 6.45) is 2.40. The van der Waals surface area contributed by atoms with Gasteiger partial charge >= 0.3 is 11.8 Å². The van der Waals surface area contributed by atoms with Crippen molar-refractivity contribution in [3.8, 4) is 17.0 Å². The highest BCUT2D eigenvalue weighted by molar-refractivity contribution is 6.05. The maximum atomic E-state index is 12.2. The third-order valence-electron chi connectivity index (χ3n) is 3.79. The zero-order valence-electron chi connectivity index (χ0n) is 16.3. The number of hydrogen-bond acceptors (Lipinski definition) is 7. The van der Waals surface area contributed by atoms with Gasteiger partial charge in [-0.1, -0.05) is 12.1 Å². The van der Waals surface area contributed by atoms with Crippen molar-refractivity contribution in [3.63, 3.8) is 0 Å². The third-order valence-corrected chi connectivity index (χ3v) is 3.79. The molecule has 30 heavy (non-hydrogen) atoms. The Morgan fingerprint density at radius 3 is 2.37 bits per heavy atom. The Hall–Kier alpha value is -4.15. The molecule has 0 aliphatic heterocycles. The first kappa shape index (κ1) is 20.6. The van der Waals surface area contributed by atoms with Crippen LogP contribution >= 0.6 is 0 Å². The van der Waals surface area contributed by atoms with E-state index in [0.29, 0.717) is 16.8 Å². The molecular formula is C19H19N5O6. The predicted molar refractivity (Wildman–Crippen MR) is 107 cm³/mol. The monoisotopic (exact) mass is 413 g/mol. The molecular weight excluding hydrogens is 394 g/mol. The molecule has 11 heteroatoms. The molecule has 0 spiro atoms. The largest absolute Gasteiger partial charge is 0.494 e. The van der Waals surface area contributed by atoms with Gasteiger partial charge < -0.3 is 15.2 Å². The van der Waals surface area contributed by atoms with Crippen molar-refractivity contribution >= 4 is 17.7 Å². The van der Waals surface area contributed by atoms with Crippen LogP contribution in [0.5, 0.6) is 5.88 Å². The summed E-state index contributed by atoms with van der Waals surface area (Å²) in [6.45, 7) is 5.26. The fourth-order valence-electron chi connectivity index (χ4n) is 2.51. The Bertz CT molecular complexity index is 1210. The number of nitrogens with zero attached hydrogens (tertiary/aromatic N) is 2. The van der Waals surface area contributed by atoms with Crippen LogP contribution in [-0.4, -0.2) is 42.5 Å². The van der Waals surface area contributed by atoms with Gasteiger partial charge in [0.05, 0.1) is 6.20 Å². The number of hydrogen-bond donors (Lipinski definition) is 4. The van der Waals surface area contributed by atoms with Crippen LogP contribution in [0.1, 0.15) is 31.1 Å². The van der Waals surface area contributed by atoms with Crippen molar-refractivity contribution in [2.75, 3.05) is 5.32 Å². The van der Waals surface area contributed by atoms with Gasteiger partial charge in [0.25, 0.3) is 11.5 Å². The third kappa shape index (κ3) is 4.63. The number of rotatable bonds is 3. The Morgan fingerprint density at radius 1 is 1.10 bits per heavy atom. The second-order valence-electron chi connectivity index (χ2n) is 7.32. The van der Waals surface area contributed by atoms with Crippen LogP contribution in [0.15, 0.2) is 46.2 Å². The Balaban J connectivity index is 1.75. The van der Waals surface area contributed by atoms with E-state index in [9.17, 15) is 24.3 Å². The highest BCUT2D eigenvalue weighted by atomic mass is 16.6. The van der Waals surface area contributed by atoms with E-state index in [1.807, 2.05) is 9.97 Å². The van der Waals surface area contributed by atoms with E-state index in [1.165, 1.54) is 12.4 Å². The van der Waals surface area contributed by atoms with Gasteiger partial charge in [-0.15, -0.1) is 0 Å². The number of carbonyl (C=O) groups is 2. The summed E-state index contributed by atoms with van der Waals surface area (Å²) in [5.74, 6) is -1.72. The topological polar surface area (TPSA) is 159 Å². The molecule has 11 nitrogen and oxygen atoms in total. The van der Waals surface area contributed by atoms with Crippen LogP contribution < -0.4 is 16.6 Å². The molecule has 0 radical (unpaired) electrons. The molecule has 1 amide bonds. The number of anilines is 1. The minimum atomic E-state index is -1.01. The molecule has 0 saturated heterocycles. The van der Waals surface area contributed by atoms with Gasteiger partial charge in [0.2, 0.25) is 5.88 Å². The van der Waals surface area contributed by atoms with Crippen molar-refractivity contribution < 1.29 is 19.4 Å². The van der Waals surface area contributed by atoms with Crippen molar-refractivity contribution in [1.29, 1.82) is 0 Å². The van der Waals surface area contributed by atoms with Gasteiger partial charge in [-0.3, -0.25) is 19.6 Å². The summed E-state index contributed by atoms with van der Waals surface area (Å²) in [7, 11) is 0. The highest BCUT2D eigenvalue weighted by Crippen LogP contribution is 2.22. The first-order valence-electron chi connectivity index (χ1n) is 8.79. The molecule has 3 aromatic rings. The van der Waals surface area contributed by atoms with Crippen molar-refractivity contribution in [2.45, 2.75) is 26.4 Å². The number of aromatic hydroxyl groups is 1. The van der Waals surface area contributed by atoms with Crippen LogP contribution in [-0.2, 0) is 4.74 Å². The zero-order chi connectivity index (χ0) is 22.1. The Morgan fingerprint density at radius 2 is 1.77 bits per heavy atom. The molecule has 3 rings (SSSR count). The standard InChI is InChI=1S/C19H19N5O6/c1-19(2,3)30-18(29)24-9-11(8-20-24)10-4-6-12(7-5-10)21-14(25)13-15(26)22-17(28)23-16(13)27/h4-9H,1-3H3,(H,21,25)(H3,22,23,26,27,28). The number of aromatic nitrogens is 4. The number of amides is 1. The summed E-state index contributed by atoms with van der Waals surface area (Å²) in [4.78, 5) is 50.9. The minimum absolute atomic E-state index is 0.341. The maximum absolute atomic E-state index is 12.2. The molecule has 0 fully saturated rings. The summed E-state index contributed by atoms with van der Waals surface area (Å²) in [5.41, 5.74) is -1.50. The van der Waals surface area contributed by atoms with E-state index in [1.54, 1.807) is 45.0 Å². The Kier molecular flexibility index (Phi) is 5.28. The summed E-state index contributed by atoms with van der Waals surface area (Å²) < 4.78 is 6.33. The zero-order valence-corrected chi connectivity index (χ0v) is 16.3. The van der Waals surface area contributed by atoms with Crippen molar-refractivity contribution in [3.05, 3.63) is 63.1 Å². The fraction of sp³-hybridized carbons (Fsp3) is 0.211. The molecule has 2 heterocycles. The van der Waals surface area contributed by atoms with Crippen LogP contribution in [0.3, 0.4) is 0 Å². The van der Waals surface area contributed by atoms with Crippen molar-refractivity contribution in [1.82, 2.24) is 19.7 Å². The lowest BCUT2D eigenvalue weighted by Gasteiger charge is -2.18. The fourth-order valence-corrected chi connectivity index (χ4v) is 2.51. The molecule has 1 aromatic carbocycles. The summed E-state index contributed by atoms with van der Waals surface area (Å²) in [6, 6.07) is 6.47. The van der Waals surface area contributed by atoms with Gasteiger partial charge in [0.1, 0.15) is 5.60 Å². The number of H-pyrrole nitrogens is 2. The molecule has 0 bridgehead atoms. The SMILES string of the molecule is CC(C)(C)OC(=O)n1cc(-c2ccc(NC(=O)c3c(O)[nH]c(=O)[nH]c3=O)cc2)cn1. The maximum Gasteiger partial charge on any atom is 0.435 e. The quantitative estimate of drug-likeness (QED) is 0.508. The second kappa shape index (κ2) is 7.70. The van der Waals surface area contributed by atoms with E-state index in [-0.39, 0.29) is 0 Å². The first-order chi connectivity index (χ1) is 14.0. The number of ether oxygens (including phenoxy) is 1. The Labute approximate surface area is 169 Å². The molecule has 4 N–H and O–H groups in total. The first-order valence-corrected chi connectivity index (χ1v) is 8.79. The van der Waals surface area contributed by atoms with Crippen LogP contribution in [0.2, 0.25) is 0 Å². The lowest BCUT2D eigenvalue weighted by molar-refractivity contribution is 0.0514. The van der Waals surface area contributed by atoms with E-state index in [0.717, 1.165) is 4.68 Å². The lowest BCUT2D eigenvalue weighted by atomic mass is 10.1. The lowest BCUT2D eigenvalue weighted by Crippen LogP contribution is -2.30. The van der Waals surface area contributed by atoms with Gasteiger partial charge in [-0.05, 0) is 38.5 Å². The van der Waals surface area contributed by atoms with Gasteiger partial charge in [-0.2, -0.15) is 9.78 Å². The van der Waals surface area contributed by atoms with Crippen LogP contribution in [0.25, 0.3) is 11.1 Å². The normalized spacial score (nSPS) is 11.2. The average molecular weight is 413 g/mol. The molecule has 156 valence electrons. The number of nitrogens with one attached hydrogen (secondary N) is 3. The van der Waals surface area contributed by atoms with E-state index >= 15 is 0 Å². The van der Waals surface area contributed by atoms with Gasteiger partial charge in [0.15, 0.2) is 5.56 Å². The van der Waals surface area contributed by atoms with Gasteiger partial charge in [0, 0.05) is 17.4 Å². The number of aromatic amines is 2. The minimum Gasteiger partial charge on any atom is -0.494 e. The highest BCUT2D eigenvalue weighted by Gasteiger charge is 2.19. The van der Waals surface area contributed by atoms with Crippen LogP contribution in [0.4, 0.5) is 10.5 Å². The number of benzene rings is 1. The number of carbonyl (C=O) groups excluding carboxylic acids is 2. The molecule has 0 unspecified atom stereocenters. The predicted octanol–water partition coefficient (Wildman–Crippen LogP) is 1.67. The van der Waals surface area contributed by atoms with Crippen molar-refractivity contribution in [2.24, 2.45) is 0 Å². The van der Waals surface area contributed by atoms with E-state index < -0.39 is 40.3 Å². The van der Waals surface area contributed by atoms with E-state index in [2.05, 4.69) is 10.4 Å². The molecule has 0 saturated carbocycles. The molecule has 0 aliphatic rings. The molecule has 0 aliphatic carbocycles. The summed E-state index contributed by atoms with van der Waals surface area (Å²) in [5, 5.41) is 16.1. The molecule has 2 aromatic heterocycles. The second-order valence-corrected chi connectivity index (χ2v) is 7.32. The average Bonchev–Trinajstić information content (AvgIpc) is 3.10. The van der Waals surface area contributed by atoms with Gasteiger partial charge in [-0.25, -0.2) is 9.59 Å². The summed E-state index contributed by atoms with van der Waals surface area (Å²) >= 11 is 0. The van der Waals surface area contributed by atoms with E-state index in [4.69, 9.17) is 4.74 Å². The smallest absolute Gasteiger partial charge is 0.435 e.